The SMILES string of the molecule is O=C1c2ccccc2C(OCCC2CCCCC2)(C(F)(F)F)N1O. The second kappa shape index (κ2) is 6.37. The van der Waals surface area contributed by atoms with E-state index in [1.165, 1.54) is 24.3 Å². The number of fused-ring (bicyclic) bond motifs is 1. The molecule has 132 valence electrons. The molecule has 0 bridgehead atoms. The van der Waals surface area contributed by atoms with Crippen LogP contribution in [0.5, 0.6) is 0 Å². The van der Waals surface area contributed by atoms with E-state index in [2.05, 4.69) is 0 Å². The van der Waals surface area contributed by atoms with Crippen molar-refractivity contribution in [3.63, 3.8) is 0 Å². The molecule has 0 saturated heterocycles. The number of hydrogen-bond acceptors (Lipinski definition) is 3. The highest BCUT2D eigenvalue weighted by Crippen LogP contribution is 2.50. The first-order chi connectivity index (χ1) is 11.4. The summed E-state index contributed by atoms with van der Waals surface area (Å²) in [6.45, 7) is -0.164. The van der Waals surface area contributed by atoms with Gasteiger partial charge in [-0.3, -0.25) is 10.0 Å². The maximum Gasteiger partial charge on any atom is 0.443 e. The normalized spacial score (nSPS) is 25.2. The fraction of sp³-hybridized carbons (Fsp3) is 0.588. The molecule has 1 aliphatic heterocycles. The van der Waals surface area contributed by atoms with E-state index in [0.717, 1.165) is 32.1 Å². The van der Waals surface area contributed by atoms with Crippen LogP contribution in [0.4, 0.5) is 13.2 Å². The van der Waals surface area contributed by atoms with Gasteiger partial charge in [-0.1, -0.05) is 50.3 Å². The molecular formula is C17H20F3NO3. The number of hydroxylamine groups is 2. The van der Waals surface area contributed by atoms with Crippen LogP contribution in [-0.2, 0) is 10.5 Å². The van der Waals surface area contributed by atoms with Gasteiger partial charge in [0.05, 0.1) is 12.2 Å². The lowest BCUT2D eigenvalue weighted by Crippen LogP contribution is -2.54. The van der Waals surface area contributed by atoms with E-state index in [9.17, 15) is 23.2 Å². The van der Waals surface area contributed by atoms with Crippen LogP contribution in [0, 0.1) is 5.92 Å². The summed E-state index contributed by atoms with van der Waals surface area (Å²) in [6.07, 6.45) is 0.848. The maximum absolute atomic E-state index is 13.8. The molecule has 4 nitrogen and oxygen atoms in total. The first-order valence-corrected chi connectivity index (χ1v) is 8.21. The third-order valence-electron chi connectivity index (χ3n) is 4.96. The van der Waals surface area contributed by atoms with Gasteiger partial charge in [0.2, 0.25) is 0 Å². The van der Waals surface area contributed by atoms with E-state index in [1.807, 2.05) is 0 Å². The molecular weight excluding hydrogens is 323 g/mol. The van der Waals surface area contributed by atoms with Crippen LogP contribution in [-0.4, -0.2) is 29.0 Å². The Labute approximate surface area is 138 Å². The number of alkyl halides is 3. The zero-order chi connectivity index (χ0) is 17.4. The Hall–Kier alpha value is -1.60. The smallest absolute Gasteiger partial charge is 0.342 e. The topological polar surface area (TPSA) is 49.8 Å². The Balaban J connectivity index is 1.85. The molecule has 0 spiro atoms. The van der Waals surface area contributed by atoms with Crippen molar-refractivity contribution in [2.75, 3.05) is 6.61 Å². The van der Waals surface area contributed by atoms with Crippen molar-refractivity contribution >= 4 is 5.91 Å². The minimum Gasteiger partial charge on any atom is -0.342 e. The Morgan fingerprint density at radius 3 is 2.54 bits per heavy atom. The lowest BCUT2D eigenvalue weighted by molar-refractivity contribution is -0.378. The summed E-state index contributed by atoms with van der Waals surface area (Å²) >= 11 is 0. The Morgan fingerprint density at radius 2 is 1.88 bits per heavy atom. The third kappa shape index (κ3) is 2.69. The van der Waals surface area contributed by atoms with Crippen LogP contribution >= 0.6 is 0 Å². The van der Waals surface area contributed by atoms with E-state index < -0.39 is 17.8 Å². The number of benzene rings is 1. The second-order valence-electron chi connectivity index (χ2n) is 6.45. The molecule has 1 aromatic rings. The fourth-order valence-corrected chi connectivity index (χ4v) is 3.68. The summed E-state index contributed by atoms with van der Waals surface area (Å²) < 4.78 is 46.6. The fourth-order valence-electron chi connectivity index (χ4n) is 3.68. The molecule has 1 amide bonds. The van der Waals surface area contributed by atoms with Crippen LogP contribution in [0.1, 0.15) is 54.4 Å². The van der Waals surface area contributed by atoms with Gasteiger partial charge < -0.3 is 4.74 Å². The van der Waals surface area contributed by atoms with Crippen molar-refractivity contribution in [3.8, 4) is 0 Å². The minimum atomic E-state index is -4.95. The maximum atomic E-state index is 13.8. The molecule has 24 heavy (non-hydrogen) atoms. The number of hydrogen-bond donors (Lipinski definition) is 1. The first-order valence-electron chi connectivity index (χ1n) is 8.21. The lowest BCUT2D eigenvalue weighted by atomic mass is 9.87. The van der Waals surface area contributed by atoms with E-state index in [0.29, 0.717) is 12.3 Å². The third-order valence-corrected chi connectivity index (χ3v) is 4.96. The van der Waals surface area contributed by atoms with E-state index >= 15 is 0 Å². The summed E-state index contributed by atoms with van der Waals surface area (Å²) in [5.74, 6) is -0.760. The van der Waals surface area contributed by atoms with Crippen molar-refractivity contribution in [2.24, 2.45) is 5.92 Å². The van der Waals surface area contributed by atoms with Crippen molar-refractivity contribution in [2.45, 2.75) is 50.4 Å². The number of ether oxygens (including phenoxy) is 1. The Bertz CT molecular complexity index is 613. The molecule has 0 radical (unpaired) electrons. The predicted molar refractivity (Wildman–Crippen MR) is 79.3 cm³/mol. The van der Waals surface area contributed by atoms with Gasteiger partial charge in [0.15, 0.2) is 0 Å². The average Bonchev–Trinajstić information content (AvgIpc) is 2.78. The highest BCUT2D eigenvalue weighted by atomic mass is 19.4. The van der Waals surface area contributed by atoms with E-state index in [1.54, 1.807) is 0 Å². The molecule has 3 rings (SSSR count). The van der Waals surface area contributed by atoms with Gasteiger partial charge in [-0.05, 0) is 18.4 Å². The number of amides is 1. The molecule has 1 saturated carbocycles. The van der Waals surface area contributed by atoms with Gasteiger partial charge in [-0.2, -0.15) is 18.2 Å². The first kappa shape index (κ1) is 17.2. The Kier molecular flexibility index (Phi) is 4.57. The monoisotopic (exact) mass is 343 g/mol. The number of halogens is 3. The van der Waals surface area contributed by atoms with Crippen LogP contribution in [0.3, 0.4) is 0 Å². The van der Waals surface area contributed by atoms with Gasteiger partial charge >= 0.3 is 6.18 Å². The van der Waals surface area contributed by atoms with Crippen LogP contribution in [0.25, 0.3) is 0 Å². The average molecular weight is 343 g/mol. The van der Waals surface area contributed by atoms with Gasteiger partial charge in [-0.25, -0.2) is 0 Å². The molecule has 1 atom stereocenters. The van der Waals surface area contributed by atoms with Crippen molar-refractivity contribution in [1.29, 1.82) is 0 Å². The highest BCUT2D eigenvalue weighted by Gasteiger charge is 2.68. The Morgan fingerprint density at radius 1 is 1.21 bits per heavy atom. The second-order valence-corrected chi connectivity index (χ2v) is 6.45. The predicted octanol–water partition coefficient (Wildman–Crippen LogP) is 4.23. The number of carbonyl (C=O) groups is 1. The molecule has 1 N–H and O–H groups in total. The molecule has 0 aromatic heterocycles. The molecule has 1 fully saturated rings. The minimum absolute atomic E-state index is 0.164. The van der Waals surface area contributed by atoms with Crippen molar-refractivity contribution < 1.29 is 27.9 Å². The molecule has 1 aliphatic carbocycles. The van der Waals surface area contributed by atoms with Crippen molar-refractivity contribution in [1.82, 2.24) is 5.06 Å². The standard InChI is InChI=1S/C17H20F3NO3/c18-17(19,20)16(24-11-10-12-6-2-1-3-7-12)14-9-5-4-8-13(14)15(22)21(16)23/h4-5,8-9,12,23H,1-3,6-7,10-11H2. The summed E-state index contributed by atoms with van der Waals surface area (Å²) in [5, 5.41) is 9.63. The molecule has 2 aliphatic rings. The number of carbonyl (C=O) groups excluding carboxylic acids is 1. The number of rotatable bonds is 4. The summed E-state index contributed by atoms with van der Waals surface area (Å²) in [6, 6.07) is 5.30. The largest absolute Gasteiger partial charge is 0.443 e. The lowest BCUT2D eigenvalue weighted by Gasteiger charge is -2.36. The molecule has 1 aromatic carbocycles. The van der Waals surface area contributed by atoms with E-state index in [4.69, 9.17) is 4.74 Å². The van der Waals surface area contributed by atoms with Gasteiger partial charge in [0.25, 0.3) is 11.6 Å². The summed E-state index contributed by atoms with van der Waals surface area (Å²) in [4.78, 5) is 12.0. The van der Waals surface area contributed by atoms with Crippen LogP contribution in [0.15, 0.2) is 24.3 Å². The molecule has 1 unspecified atom stereocenters. The quantitative estimate of drug-likeness (QED) is 0.832. The van der Waals surface area contributed by atoms with Crippen molar-refractivity contribution in [3.05, 3.63) is 35.4 Å². The van der Waals surface area contributed by atoms with E-state index in [-0.39, 0.29) is 22.8 Å². The van der Waals surface area contributed by atoms with Gasteiger partial charge in [0.1, 0.15) is 0 Å². The zero-order valence-electron chi connectivity index (χ0n) is 13.2. The number of nitrogens with zero attached hydrogens (tertiary/aromatic N) is 1. The summed E-state index contributed by atoms with van der Waals surface area (Å²) in [5.41, 5.74) is -3.65. The van der Waals surface area contributed by atoms with Gasteiger partial charge in [0, 0.05) is 5.56 Å². The van der Waals surface area contributed by atoms with Gasteiger partial charge in [-0.15, -0.1) is 0 Å². The zero-order valence-corrected chi connectivity index (χ0v) is 13.2. The summed E-state index contributed by atoms with van der Waals surface area (Å²) in [7, 11) is 0. The van der Waals surface area contributed by atoms with Crippen LogP contribution in [0.2, 0.25) is 0 Å². The molecule has 7 heteroatoms. The van der Waals surface area contributed by atoms with Crippen LogP contribution < -0.4 is 0 Å². The highest BCUT2D eigenvalue weighted by molar-refractivity contribution is 5.99. The molecule has 1 heterocycles.